The third-order valence-corrected chi connectivity index (χ3v) is 5.35. The van der Waals surface area contributed by atoms with Gasteiger partial charge in [-0.1, -0.05) is 36.8 Å². The number of hydrogen-bond donors (Lipinski definition) is 2. The van der Waals surface area contributed by atoms with Crippen LogP contribution in [0.4, 0.5) is 11.5 Å². The van der Waals surface area contributed by atoms with Gasteiger partial charge in [-0.05, 0) is 18.9 Å². The number of hydrogen-bond acceptors (Lipinski definition) is 6. The van der Waals surface area contributed by atoms with E-state index >= 15 is 0 Å². The number of rotatable bonds is 10. The molecular formula is C20H28N4O4S. The first-order chi connectivity index (χ1) is 13.9. The summed E-state index contributed by atoms with van der Waals surface area (Å²) in [6, 6.07) is 8.11. The van der Waals surface area contributed by atoms with Crippen LogP contribution in [-0.4, -0.2) is 41.5 Å². The van der Waals surface area contributed by atoms with E-state index in [2.05, 4.69) is 4.98 Å². The zero-order valence-electron chi connectivity index (χ0n) is 17.1. The van der Waals surface area contributed by atoms with Crippen molar-refractivity contribution >= 4 is 29.2 Å². The van der Waals surface area contributed by atoms with Crippen molar-refractivity contribution in [2.75, 3.05) is 36.6 Å². The van der Waals surface area contributed by atoms with Gasteiger partial charge in [0, 0.05) is 26.0 Å². The number of nitrogen functional groups attached to an aromatic ring is 1. The molecule has 158 valence electrons. The van der Waals surface area contributed by atoms with E-state index in [1.54, 1.807) is 0 Å². The van der Waals surface area contributed by atoms with Crippen LogP contribution in [0, 0.1) is 6.92 Å². The molecule has 1 heterocycles. The molecule has 2 rings (SSSR count). The van der Waals surface area contributed by atoms with E-state index in [9.17, 15) is 14.4 Å². The Morgan fingerprint density at radius 2 is 1.97 bits per heavy atom. The number of carbonyl (C=O) groups excluding carboxylic acids is 1. The predicted molar refractivity (Wildman–Crippen MR) is 118 cm³/mol. The highest BCUT2D eigenvalue weighted by Crippen LogP contribution is 2.20. The summed E-state index contributed by atoms with van der Waals surface area (Å²) in [7, 11) is 1.51. The molecule has 0 unspecified atom stereocenters. The quantitative estimate of drug-likeness (QED) is 0.606. The molecule has 8 nitrogen and oxygen atoms in total. The SMILES string of the molecule is CCCn1c(N)c(N(CCOC)C(=O)CSCc2ccc(C)cc2)c(=O)[nH]c1=O. The van der Waals surface area contributed by atoms with E-state index in [1.807, 2.05) is 38.1 Å². The molecule has 0 spiro atoms. The number of carbonyl (C=O) groups is 1. The molecule has 0 saturated carbocycles. The molecule has 1 aromatic carbocycles. The van der Waals surface area contributed by atoms with Gasteiger partial charge in [-0.25, -0.2) is 4.79 Å². The maximum absolute atomic E-state index is 12.9. The van der Waals surface area contributed by atoms with Crippen molar-refractivity contribution in [3.05, 3.63) is 56.2 Å². The van der Waals surface area contributed by atoms with E-state index in [0.717, 1.165) is 5.56 Å². The fourth-order valence-corrected chi connectivity index (χ4v) is 3.71. The Morgan fingerprint density at radius 3 is 2.59 bits per heavy atom. The highest BCUT2D eigenvalue weighted by Gasteiger charge is 2.23. The molecule has 0 aliphatic carbocycles. The van der Waals surface area contributed by atoms with Gasteiger partial charge in [0.05, 0.1) is 12.4 Å². The van der Waals surface area contributed by atoms with Crippen molar-refractivity contribution in [3.63, 3.8) is 0 Å². The molecule has 1 aromatic heterocycles. The third kappa shape index (κ3) is 5.98. The number of ether oxygens (including phenoxy) is 1. The average Bonchev–Trinajstić information content (AvgIpc) is 2.69. The summed E-state index contributed by atoms with van der Waals surface area (Å²) in [5, 5.41) is 0. The maximum Gasteiger partial charge on any atom is 0.330 e. The number of methoxy groups -OCH3 is 1. The van der Waals surface area contributed by atoms with Crippen molar-refractivity contribution in [2.45, 2.75) is 32.6 Å². The number of nitrogens with zero attached hydrogens (tertiary/aromatic N) is 2. The second kappa shape index (κ2) is 10.9. The van der Waals surface area contributed by atoms with Crippen LogP contribution in [0.1, 0.15) is 24.5 Å². The van der Waals surface area contributed by atoms with Crippen molar-refractivity contribution in [1.82, 2.24) is 9.55 Å². The Hall–Kier alpha value is -2.52. The first-order valence-electron chi connectivity index (χ1n) is 9.44. The van der Waals surface area contributed by atoms with Crippen LogP contribution in [0.15, 0.2) is 33.9 Å². The standard InChI is InChI=1S/C20H28N4O4S/c1-4-9-24-18(21)17(19(26)22-20(24)27)23(10-11-28-3)16(25)13-29-12-15-7-5-14(2)6-8-15/h5-8H,4,9-13,21H2,1-3H3,(H,22,26,27). The summed E-state index contributed by atoms with van der Waals surface area (Å²) in [4.78, 5) is 41.0. The number of thioether (sulfide) groups is 1. The number of aromatic nitrogens is 2. The van der Waals surface area contributed by atoms with Crippen LogP contribution in [0.3, 0.4) is 0 Å². The zero-order chi connectivity index (χ0) is 21.4. The molecule has 1 amide bonds. The summed E-state index contributed by atoms with van der Waals surface area (Å²) in [6.45, 7) is 4.67. The fourth-order valence-electron chi connectivity index (χ4n) is 2.85. The lowest BCUT2D eigenvalue weighted by molar-refractivity contribution is -0.116. The molecule has 0 aliphatic heterocycles. The molecule has 0 aliphatic rings. The molecule has 0 bridgehead atoms. The van der Waals surface area contributed by atoms with Gasteiger partial charge < -0.3 is 15.4 Å². The Bertz CT molecular complexity index is 937. The summed E-state index contributed by atoms with van der Waals surface area (Å²) in [6.07, 6.45) is 0.661. The minimum atomic E-state index is -0.673. The van der Waals surface area contributed by atoms with Crippen molar-refractivity contribution in [1.29, 1.82) is 0 Å². The van der Waals surface area contributed by atoms with Gasteiger partial charge in [-0.2, -0.15) is 0 Å². The topological polar surface area (TPSA) is 110 Å². The molecule has 0 saturated heterocycles. The molecule has 3 N–H and O–H groups in total. The van der Waals surface area contributed by atoms with Gasteiger partial charge >= 0.3 is 5.69 Å². The molecule has 29 heavy (non-hydrogen) atoms. The zero-order valence-corrected chi connectivity index (χ0v) is 17.9. The average molecular weight is 421 g/mol. The summed E-state index contributed by atoms with van der Waals surface area (Å²) < 4.78 is 6.37. The van der Waals surface area contributed by atoms with Gasteiger partial charge in [-0.15, -0.1) is 11.8 Å². The van der Waals surface area contributed by atoms with E-state index in [1.165, 1.54) is 33.9 Å². The van der Waals surface area contributed by atoms with Crippen LogP contribution in [0.5, 0.6) is 0 Å². The second-order valence-electron chi connectivity index (χ2n) is 6.66. The molecule has 0 radical (unpaired) electrons. The number of nitrogens with two attached hydrogens (primary N) is 1. The number of benzene rings is 1. The predicted octanol–water partition coefficient (Wildman–Crippen LogP) is 1.75. The minimum Gasteiger partial charge on any atom is -0.383 e. The van der Waals surface area contributed by atoms with Crippen LogP contribution in [0.2, 0.25) is 0 Å². The van der Waals surface area contributed by atoms with E-state index in [-0.39, 0.29) is 36.3 Å². The second-order valence-corrected chi connectivity index (χ2v) is 7.65. The highest BCUT2D eigenvalue weighted by atomic mass is 32.2. The summed E-state index contributed by atoms with van der Waals surface area (Å²) in [5.74, 6) is 0.570. The molecule has 2 aromatic rings. The van der Waals surface area contributed by atoms with E-state index < -0.39 is 11.2 Å². The Labute approximate surface area is 174 Å². The van der Waals surface area contributed by atoms with Gasteiger partial charge in [0.15, 0.2) is 5.69 Å². The lowest BCUT2D eigenvalue weighted by Gasteiger charge is -2.24. The highest BCUT2D eigenvalue weighted by molar-refractivity contribution is 7.99. The van der Waals surface area contributed by atoms with E-state index in [4.69, 9.17) is 10.5 Å². The largest absolute Gasteiger partial charge is 0.383 e. The Kier molecular flexibility index (Phi) is 8.53. The van der Waals surface area contributed by atoms with Gasteiger partial charge in [-0.3, -0.25) is 19.1 Å². The van der Waals surface area contributed by atoms with Crippen LogP contribution in [0.25, 0.3) is 0 Å². The van der Waals surface area contributed by atoms with Crippen LogP contribution >= 0.6 is 11.8 Å². The lowest BCUT2D eigenvalue weighted by Crippen LogP contribution is -2.43. The fraction of sp³-hybridized carbons (Fsp3) is 0.450. The maximum atomic E-state index is 12.9. The van der Waals surface area contributed by atoms with Crippen LogP contribution < -0.4 is 21.9 Å². The van der Waals surface area contributed by atoms with Gasteiger partial charge in [0.2, 0.25) is 5.91 Å². The Balaban J connectivity index is 2.23. The first kappa shape index (κ1) is 22.8. The number of amides is 1. The lowest BCUT2D eigenvalue weighted by atomic mass is 10.2. The smallest absolute Gasteiger partial charge is 0.330 e. The normalized spacial score (nSPS) is 10.9. The molecule has 0 fully saturated rings. The summed E-state index contributed by atoms with van der Waals surface area (Å²) in [5.41, 5.74) is 7.16. The van der Waals surface area contributed by atoms with Crippen LogP contribution in [-0.2, 0) is 21.8 Å². The first-order valence-corrected chi connectivity index (χ1v) is 10.6. The number of nitrogens with one attached hydrogen (secondary N) is 1. The number of aromatic amines is 1. The Morgan fingerprint density at radius 1 is 1.28 bits per heavy atom. The van der Waals surface area contributed by atoms with Gasteiger partial charge in [0.1, 0.15) is 5.82 Å². The molecule has 0 atom stereocenters. The molecule has 9 heteroatoms. The van der Waals surface area contributed by atoms with E-state index in [0.29, 0.717) is 18.7 Å². The third-order valence-electron chi connectivity index (χ3n) is 4.37. The minimum absolute atomic E-state index is 0.00367. The number of aryl methyl sites for hydroxylation is 1. The number of H-pyrrole nitrogens is 1. The molecular weight excluding hydrogens is 392 g/mol. The van der Waals surface area contributed by atoms with Crippen molar-refractivity contribution in [2.24, 2.45) is 0 Å². The summed E-state index contributed by atoms with van der Waals surface area (Å²) >= 11 is 1.45. The van der Waals surface area contributed by atoms with Crippen molar-refractivity contribution < 1.29 is 9.53 Å². The van der Waals surface area contributed by atoms with Crippen molar-refractivity contribution in [3.8, 4) is 0 Å². The number of anilines is 2. The monoisotopic (exact) mass is 420 g/mol. The van der Waals surface area contributed by atoms with Gasteiger partial charge in [0.25, 0.3) is 5.56 Å².